The molecule has 0 saturated heterocycles. The molecule has 1 fully saturated rings. The Morgan fingerprint density at radius 3 is 2.81 bits per heavy atom. The van der Waals surface area contributed by atoms with Gasteiger partial charge in [0.15, 0.2) is 0 Å². The van der Waals surface area contributed by atoms with Gasteiger partial charge in [0.25, 0.3) is 0 Å². The Labute approximate surface area is 93.9 Å². The molecule has 0 radical (unpaired) electrons. The second kappa shape index (κ2) is 3.34. The highest BCUT2D eigenvalue weighted by Crippen LogP contribution is 2.54. The molecule has 84 valence electrons. The van der Waals surface area contributed by atoms with Gasteiger partial charge in [-0.15, -0.1) is 0 Å². The summed E-state index contributed by atoms with van der Waals surface area (Å²) >= 11 is 0. The Balaban J connectivity index is 2.06. The molecule has 0 spiro atoms. The number of fused-ring (bicyclic) bond motifs is 1. The third-order valence-corrected chi connectivity index (χ3v) is 3.71. The van der Waals surface area contributed by atoms with E-state index in [0.717, 1.165) is 29.4 Å². The lowest BCUT2D eigenvalue weighted by Gasteiger charge is -2.19. The van der Waals surface area contributed by atoms with E-state index in [2.05, 4.69) is 0 Å². The smallest absolute Gasteiger partial charge is 0.134 e. The van der Waals surface area contributed by atoms with Gasteiger partial charge in [0.1, 0.15) is 5.58 Å². The minimum atomic E-state index is -0.124. The Morgan fingerprint density at radius 1 is 1.38 bits per heavy atom. The molecule has 3 rings (SSSR count). The number of furan rings is 1. The summed E-state index contributed by atoms with van der Waals surface area (Å²) < 4.78 is 5.48. The Bertz CT molecular complexity index is 513. The second-order valence-electron chi connectivity index (χ2n) is 4.69. The normalized spacial score (nSPS) is 19.9. The van der Waals surface area contributed by atoms with Crippen molar-refractivity contribution >= 4 is 11.0 Å². The third kappa shape index (κ3) is 1.29. The molecular weight excluding hydrogens is 202 g/mol. The summed E-state index contributed by atoms with van der Waals surface area (Å²) in [4.78, 5) is 0. The molecule has 1 atom stereocenters. The standard InChI is InChI=1S/C13H15NO2/c14-12(13(8-15)5-6-13)10-7-16-11-4-2-1-3-9(10)11/h1-4,7,12,15H,5-6,8,14H2. The van der Waals surface area contributed by atoms with Crippen molar-refractivity contribution in [2.45, 2.75) is 18.9 Å². The Morgan fingerprint density at radius 2 is 2.12 bits per heavy atom. The van der Waals surface area contributed by atoms with E-state index in [1.807, 2.05) is 24.3 Å². The molecule has 0 bridgehead atoms. The molecule has 1 heterocycles. The minimum Gasteiger partial charge on any atom is -0.464 e. The van der Waals surface area contributed by atoms with E-state index in [1.165, 1.54) is 0 Å². The van der Waals surface area contributed by atoms with E-state index >= 15 is 0 Å². The van der Waals surface area contributed by atoms with E-state index in [1.54, 1.807) is 6.26 Å². The third-order valence-electron chi connectivity index (χ3n) is 3.71. The molecule has 1 aliphatic rings. The number of benzene rings is 1. The van der Waals surface area contributed by atoms with Gasteiger partial charge < -0.3 is 15.3 Å². The summed E-state index contributed by atoms with van der Waals surface area (Å²) in [7, 11) is 0. The summed E-state index contributed by atoms with van der Waals surface area (Å²) in [5, 5.41) is 10.5. The van der Waals surface area contributed by atoms with Gasteiger partial charge >= 0.3 is 0 Å². The molecule has 1 aromatic carbocycles. The summed E-state index contributed by atoms with van der Waals surface area (Å²) in [6.45, 7) is 0.160. The first-order chi connectivity index (χ1) is 7.77. The highest BCUT2D eigenvalue weighted by atomic mass is 16.3. The highest BCUT2D eigenvalue weighted by molar-refractivity contribution is 5.81. The number of para-hydroxylation sites is 1. The molecule has 1 unspecified atom stereocenters. The van der Waals surface area contributed by atoms with Crippen LogP contribution in [0.3, 0.4) is 0 Å². The van der Waals surface area contributed by atoms with Gasteiger partial charge in [-0.1, -0.05) is 18.2 Å². The van der Waals surface area contributed by atoms with Gasteiger partial charge in [0, 0.05) is 22.4 Å². The number of nitrogens with two attached hydrogens (primary N) is 1. The molecule has 0 aliphatic heterocycles. The SMILES string of the molecule is NC(c1coc2ccccc12)C1(CO)CC1. The molecular formula is C13H15NO2. The summed E-state index contributed by atoms with van der Waals surface area (Å²) in [5.41, 5.74) is 8.01. The molecule has 16 heavy (non-hydrogen) atoms. The zero-order valence-electron chi connectivity index (χ0n) is 9.02. The number of rotatable bonds is 3. The van der Waals surface area contributed by atoms with Gasteiger partial charge in [-0.2, -0.15) is 0 Å². The van der Waals surface area contributed by atoms with E-state index in [4.69, 9.17) is 10.2 Å². The topological polar surface area (TPSA) is 59.4 Å². The van der Waals surface area contributed by atoms with Crippen LogP contribution in [0.2, 0.25) is 0 Å². The molecule has 3 nitrogen and oxygen atoms in total. The van der Waals surface area contributed by atoms with Crippen molar-refractivity contribution in [3.05, 3.63) is 36.1 Å². The lowest BCUT2D eigenvalue weighted by Crippen LogP contribution is -2.25. The van der Waals surface area contributed by atoms with Crippen LogP contribution in [0, 0.1) is 5.41 Å². The predicted octanol–water partition coefficient (Wildman–Crippen LogP) is 2.21. The van der Waals surface area contributed by atoms with Crippen molar-refractivity contribution in [2.75, 3.05) is 6.61 Å². The van der Waals surface area contributed by atoms with Gasteiger partial charge in [-0.3, -0.25) is 0 Å². The van der Waals surface area contributed by atoms with Crippen molar-refractivity contribution in [3.63, 3.8) is 0 Å². The quantitative estimate of drug-likeness (QED) is 0.828. The first kappa shape index (κ1) is 9.87. The molecule has 3 heteroatoms. The monoisotopic (exact) mass is 217 g/mol. The van der Waals surface area contributed by atoms with Crippen LogP contribution < -0.4 is 5.73 Å². The summed E-state index contributed by atoms with van der Waals surface area (Å²) in [5.74, 6) is 0. The number of hydrogen-bond acceptors (Lipinski definition) is 3. The van der Waals surface area contributed by atoms with Crippen LogP contribution >= 0.6 is 0 Å². The summed E-state index contributed by atoms with van der Waals surface area (Å²) in [6, 6.07) is 7.75. The highest BCUT2D eigenvalue weighted by Gasteiger charge is 2.48. The van der Waals surface area contributed by atoms with Crippen LogP contribution in [-0.2, 0) is 0 Å². The number of aliphatic hydroxyl groups is 1. The van der Waals surface area contributed by atoms with Gasteiger partial charge in [-0.25, -0.2) is 0 Å². The van der Waals surface area contributed by atoms with Crippen LogP contribution in [0.25, 0.3) is 11.0 Å². The zero-order valence-corrected chi connectivity index (χ0v) is 9.02. The van der Waals surface area contributed by atoms with E-state index in [-0.39, 0.29) is 18.1 Å². The lowest BCUT2D eigenvalue weighted by molar-refractivity contribution is 0.188. The Hall–Kier alpha value is -1.32. The average molecular weight is 217 g/mol. The molecule has 0 amide bonds. The number of hydrogen-bond donors (Lipinski definition) is 2. The van der Waals surface area contributed by atoms with Crippen LogP contribution in [0.5, 0.6) is 0 Å². The van der Waals surface area contributed by atoms with Crippen LogP contribution in [-0.4, -0.2) is 11.7 Å². The lowest BCUT2D eigenvalue weighted by atomic mass is 9.91. The number of aliphatic hydroxyl groups excluding tert-OH is 1. The van der Waals surface area contributed by atoms with Crippen molar-refractivity contribution in [2.24, 2.45) is 11.1 Å². The minimum absolute atomic E-state index is 0.105. The molecule has 1 aliphatic carbocycles. The Kier molecular flexibility index (Phi) is 2.06. The van der Waals surface area contributed by atoms with Gasteiger partial charge in [-0.05, 0) is 18.9 Å². The van der Waals surface area contributed by atoms with Crippen molar-refractivity contribution in [1.29, 1.82) is 0 Å². The predicted molar refractivity (Wildman–Crippen MR) is 61.9 cm³/mol. The van der Waals surface area contributed by atoms with Crippen LogP contribution in [0.15, 0.2) is 34.9 Å². The maximum Gasteiger partial charge on any atom is 0.134 e. The molecule has 1 aromatic heterocycles. The first-order valence-corrected chi connectivity index (χ1v) is 5.59. The van der Waals surface area contributed by atoms with Crippen LogP contribution in [0.1, 0.15) is 24.4 Å². The van der Waals surface area contributed by atoms with Crippen molar-refractivity contribution < 1.29 is 9.52 Å². The maximum atomic E-state index is 9.39. The summed E-state index contributed by atoms with van der Waals surface area (Å²) in [6.07, 6.45) is 3.74. The van der Waals surface area contributed by atoms with E-state index in [9.17, 15) is 5.11 Å². The van der Waals surface area contributed by atoms with Crippen molar-refractivity contribution in [1.82, 2.24) is 0 Å². The molecule has 1 saturated carbocycles. The van der Waals surface area contributed by atoms with E-state index < -0.39 is 0 Å². The average Bonchev–Trinajstić information content (AvgIpc) is 3.02. The maximum absolute atomic E-state index is 9.39. The molecule has 3 N–H and O–H groups in total. The first-order valence-electron chi connectivity index (χ1n) is 5.59. The van der Waals surface area contributed by atoms with Gasteiger partial charge in [0.2, 0.25) is 0 Å². The van der Waals surface area contributed by atoms with Gasteiger partial charge in [0.05, 0.1) is 12.9 Å². The molecule has 2 aromatic rings. The zero-order chi connectivity index (χ0) is 11.2. The fourth-order valence-corrected chi connectivity index (χ4v) is 2.30. The largest absolute Gasteiger partial charge is 0.464 e. The fraction of sp³-hybridized carbons (Fsp3) is 0.385. The van der Waals surface area contributed by atoms with Crippen LogP contribution in [0.4, 0.5) is 0 Å². The van der Waals surface area contributed by atoms with Crippen molar-refractivity contribution in [3.8, 4) is 0 Å². The van der Waals surface area contributed by atoms with E-state index in [0.29, 0.717) is 0 Å². The fourth-order valence-electron chi connectivity index (χ4n) is 2.30. The second-order valence-corrected chi connectivity index (χ2v) is 4.69.